The van der Waals surface area contributed by atoms with Crippen LogP contribution in [0.15, 0.2) is 77.8 Å². The maximum absolute atomic E-state index is 6.12. The van der Waals surface area contributed by atoms with E-state index in [4.69, 9.17) is 10.7 Å². The Labute approximate surface area is 145 Å². The molecule has 2 aromatic rings. The van der Waals surface area contributed by atoms with E-state index in [2.05, 4.69) is 50.3 Å². The van der Waals surface area contributed by atoms with Gasteiger partial charge < -0.3 is 5.73 Å². The zero-order valence-electron chi connectivity index (χ0n) is 14.7. The first kappa shape index (κ1) is 17.7. The summed E-state index contributed by atoms with van der Waals surface area (Å²) in [7, 11) is 0. The number of nitrogens with two attached hydrogens (primary N) is 1. The fourth-order valence-electron chi connectivity index (χ4n) is 2.47. The lowest BCUT2D eigenvalue weighted by atomic mass is 9.97. The molecule has 0 aliphatic heterocycles. The van der Waals surface area contributed by atoms with Gasteiger partial charge in [-0.15, -0.1) is 0 Å². The molecule has 0 aromatic heterocycles. The first-order valence-corrected chi connectivity index (χ1v) is 8.37. The van der Waals surface area contributed by atoms with Gasteiger partial charge in [-0.25, -0.2) is 0 Å². The molecule has 0 amide bonds. The molecular formula is C22H26N2. The van der Waals surface area contributed by atoms with Crippen molar-refractivity contribution in [2.24, 2.45) is 10.9 Å². The number of aliphatic imine (C=N–C) groups is 1. The predicted molar refractivity (Wildman–Crippen MR) is 106 cm³/mol. The molecule has 1 unspecified atom stereocenters. The third-order valence-corrected chi connectivity index (χ3v) is 3.91. The molecule has 0 aliphatic carbocycles. The maximum Gasteiger partial charge on any atom is 0.0861 e. The van der Waals surface area contributed by atoms with E-state index in [0.29, 0.717) is 0 Å². The Morgan fingerprint density at radius 2 is 1.88 bits per heavy atom. The smallest absolute Gasteiger partial charge is 0.0861 e. The van der Waals surface area contributed by atoms with Crippen LogP contribution in [0.1, 0.15) is 25.0 Å². The van der Waals surface area contributed by atoms with Gasteiger partial charge in [0, 0.05) is 18.1 Å². The summed E-state index contributed by atoms with van der Waals surface area (Å²) in [5, 5.41) is 0. The van der Waals surface area contributed by atoms with Crippen LogP contribution >= 0.6 is 0 Å². The SMILES string of the molecule is C/C=C\C=C/C(C)C(Cc1ccccc1)=Nc1cc(C)ccc1N. The number of benzene rings is 2. The molecular weight excluding hydrogens is 292 g/mol. The summed E-state index contributed by atoms with van der Waals surface area (Å²) >= 11 is 0. The van der Waals surface area contributed by atoms with Gasteiger partial charge in [-0.1, -0.05) is 67.6 Å². The summed E-state index contributed by atoms with van der Waals surface area (Å²) < 4.78 is 0. The van der Waals surface area contributed by atoms with Crippen LogP contribution in [0.4, 0.5) is 11.4 Å². The molecule has 0 aliphatic rings. The van der Waals surface area contributed by atoms with Crippen molar-refractivity contribution in [3.05, 3.63) is 84.0 Å². The van der Waals surface area contributed by atoms with E-state index in [1.165, 1.54) is 11.1 Å². The lowest BCUT2D eigenvalue weighted by Gasteiger charge is -2.13. The van der Waals surface area contributed by atoms with Crippen LogP contribution in [0.25, 0.3) is 0 Å². The Hall–Kier alpha value is -2.61. The summed E-state index contributed by atoms with van der Waals surface area (Å²) in [4.78, 5) is 4.91. The number of hydrogen-bond acceptors (Lipinski definition) is 2. The first-order chi connectivity index (χ1) is 11.6. The van der Waals surface area contributed by atoms with Crippen LogP contribution in [0, 0.1) is 12.8 Å². The van der Waals surface area contributed by atoms with Gasteiger partial charge in [0.15, 0.2) is 0 Å². The zero-order chi connectivity index (χ0) is 17.4. The molecule has 0 bridgehead atoms. The molecule has 2 N–H and O–H groups in total. The molecule has 0 fully saturated rings. The third-order valence-electron chi connectivity index (χ3n) is 3.91. The highest BCUT2D eigenvalue weighted by molar-refractivity contribution is 5.93. The number of allylic oxidation sites excluding steroid dienone is 4. The molecule has 124 valence electrons. The lowest BCUT2D eigenvalue weighted by Crippen LogP contribution is -2.12. The average molecular weight is 318 g/mol. The number of nitrogen functional groups attached to an aromatic ring is 1. The third kappa shape index (κ3) is 5.24. The number of anilines is 1. The summed E-state index contributed by atoms with van der Waals surface area (Å²) in [6, 6.07) is 16.4. The molecule has 1 atom stereocenters. The van der Waals surface area contributed by atoms with E-state index >= 15 is 0 Å². The van der Waals surface area contributed by atoms with Crippen molar-refractivity contribution in [1.82, 2.24) is 0 Å². The summed E-state index contributed by atoms with van der Waals surface area (Å²) in [6.07, 6.45) is 9.13. The van der Waals surface area contributed by atoms with Gasteiger partial charge in [-0.2, -0.15) is 0 Å². The van der Waals surface area contributed by atoms with Gasteiger partial charge in [0.05, 0.1) is 11.4 Å². The summed E-state index contributed by atoms with van der Waals surface area (Å²) in [6.45, 7) is 6.25. The van der Waals surface area contributed by atoms with Crippen molar-refractivity contribution in [2.45, 2.75) is 27.2 Å². The quantitative estimate of drug-likeness (QED) is 0.416. The van der Waals surface area contributed by atoms with Crippen molar-refractivity contribution < 1.29 is 0 Å². The van der Waals surface area contributed by atoms with E-state index in [1.54, 1.807) is 0 Å². The van der Waals surface area contributed by atoms with Crippen molar-refractivity contribution in [2.75, 3.05) is 5.73 Å². The van der Waals surface area contributed by atoms with Crippen LogP contribution in [-0.4, -0.2) is 5.71 Å². The molecule has 24 heavy (non-hydrogen) atoms. The Morgan fingerprint density at radius 3 is 2.58 bits per heavy atom. The van der Waals surface area contributed by atoms with Gasteiger partial charge in [0.1, 0.15) is 0 Å². The van der Waals surface area contributed by atoms with Crippen LogP contribution < -0.4 is 5.73 Å². The van der Waals surface area contributed by atoms with Crippen molar-refractivity contribution in [1.29, 1.82) is 0 Å². The Morgan fingerprint density at radius 1 is 1.12 bits per heavy atom. The zero-order valence-corrected chi connectivity index (χ0v) is 14.7. The van der Waals surface area contributed by atoms with Crippen molar-refractivity contribution in [3.8, 4) is 0 Å². The summed E-state index contributed by atoms with van der Waals surface area (Å²) in [5.74, 6) is 0.237. The van der Waals surface area contributed by atoms with Gasteiger partial charge >= 0.3 is 0 Å². The Kier molecular flexibility index (Phi) is 6.56. The van der Waals surface area contributed by atoms with Crippen LogP contribution in [0.3, 0.4) is 0 Å². The van der Waals surface area contributed by atoms with E-state index in [9.17, 15) is 0 Å². The highest BCUT2D eigenvalue weighted by Gasteiger charge is 2.10. The molecule has 0 saturated carbocycles. The monoisotopic (exact) mass is 318 g/mol. The number of nitrogens with zero attached hydrogens (tertiary/aromatic N) is 1. The molecule has 2 nitrogen and oxygen atoms in total. The molecule has 2 heteroatoms. The van der Waals surface area contributed by atoms with Crippen molar-refractivity contribution in [3.63, 3.8) is 0 Å². The largest absolute Gasteiger partial charge is 0.397 e. The topological polar surface area (TPSA) is 38.4 Å². The number of hydrogen-bond donors (Lipinski definition) is 1. The van der Waals surface area contributed by atoms with Gasteiger partial charge in [0.2, 0.25) is 0 Å². The van der Waals surface area contributed by atoms with Gasteiger partial charge in [0.25, 0.3) is 0 Å². The fraction of sp³-hybridized carbons (Fsp3) is 0.227. The second kappa shape index (κ2) is 8.88. The molecule has 0 spiro atoms. The fourth-order valence-corrected chi connectivity index (χ4v) is 2.47. The predicted octanol–water partition coefficient (Wildman–Crippen LogP) is 5.66. The minimum Gasteiger partial charge on any atom is -0.397 e. The second-order valence-electron chi connectivity index (χ2n) is 6.03. The Bertz CT molecular complexity index is 740. The molecule has 2 aromatic carbocycles. The number of aryl methyl sites for hydroxylation is 1. The first-order valence-electron chi connectivity index (χ1n) is 8.37. The highest BCUT2D eigenvalue weighted by atomic mass is 14.8. The molecule has 0 heterocycles. The Balaban J connectivity index is 2.37. The lowest BCUT2D eigenvalue weighted by molar-refractivity contribution is 0.963. The van der Waals surface area contributed by atoms with E-state index in [0.717, 1.165) is 23.5 Å². The van der Waals surface area contributed by atoms with Gasteiger partial charge in [-0.3, -0.25) is 4.99 Å². The van der Waals surface area contributed by atoms with Crippen LogP contribution in [0.2, 0.25) is 0 Å². The van der Waals surface area contributed by atoms with E-state index < -0.39 is 0 Å². The minimum absolute atomic E-state index is 0.237. The standard InChI is InChI=1S/C22H26N2/c1-4-5-7-10-18(3)21(16-19-11-8-6-9-12-19)24-22-15-17(2)13-14-20(22)23/h4-15,18H,16,23H2,1-3H3/b5-4-,10-7-,24-21?. The normalized spacial score (nSPS) is 13.7. The average Bonchev–Trinajstić information content (AvgIpc) is 2.58. The van der Waals surface area contributed by atoms with Crippen molar-refractivity contribution >= 4 is 17.1 Å². The van der Waals surface area contributed by atoms with Gasteiger partial charge in [-0.05, 0) is 37.1 Å². The summed E-state index contributed by atoms with van der Waals surface area (Å²) in [5.41, 5.74) is 11.2. The van der Waals surface area contributed by atoms with Crippen LogP contribution in [0.5, 0.6) is 0 Å². The van der Waals surface area contributed by atoms with E-state index in [1.807, 2.05) is 43.3 Å². The second-order valence-corrected chi connectivity index (χ2v) is 6.03. The van der Waals surface area contributed by atoms with Crippen LogP contribution in [-0.2, 0) is 6.42 Å². The molecule has 2 rings (SSSR count). The van der Waals surface area contributed by atoms with E-state index in [-0.39, 0.29) is 5.92 Å². The molecule has 0 radical (unpaired) electrons. The maximum atomic E-state index is 6.12. The highest BCUT2D eigenvalue weighted by Crippen LogP contribution is 2.25. The number of rotatable bonds is 6. The molecule has 0 saturated heterocycles. The minimum atomic E-state index is 0.237.